The van der Waals surface area contributed by atoms with E-state index in [0.717, 1.165) is 27.4 Å². The van der Waals surface area contributed by atoms with E-state index in [1.54, 1.807) is 25.6 Å². The third-order valence-electron chi connectivity index (χ3n) is 7.54. The van der Waals surface area contributed by atoms with Crippen molar-refractivity contribution < 1.29 is 23.5 Å². The average molecular weight is 671 g/mol. The predicted molar refractivity (Wildman–Crippen MR) is 179 cm³/mol. The molecule has 1 N–H and O–H groups in total. The van der Waals surface area contributed by atoms with Crippen molar-refractivity contribution in [3.8, 4) is 17.2 Å². The molecule has 0 aliphatic carbocycles. The van der Waals surface area contributed by atoms with Gasteiger partial charge in [-0.25, -0.2) is 9.40 Å². The SMILES string of the molecule is COc1cccc([C@H]2CC(c3cccs3)=NN2C(=O)CSc2nnc(CNC(=O)c3cccc(F)c3)n2-c2cccc(C)c2)c1OC. The topological polar surface area (TPSA) is 111 Å². The number of amides is 2. The second-order valence-electron chi connectivity index (χ2n) is 10.6. The number of halogens is 1. The second-order valence-corrected chi connectivity index (χ2v) is 12.5. The van der Waals surface area contributed by atoms with Gasteiger partial charge in [-0.15, -0.1) is 21.5 Å². The van der Waals surface area contributed by atoms with Crippen LogP contribution in [0.2, 0.25) is 0 Å². The summed E-state index contributed by atoms with van der Waals surface area (Å²) in [6.07, 6.45) is 0.509. The van der Waals surface area contributed by atoms with Gasteiger partial charge in [-0.05, 0) is 60.3 Å². The van der Waals surface area contributed by atoms with Crippen molar-refractivity contribution in [3.05, 3.63) is 117 Å². The normalized spacial score (nSPS) is 14.2. The Morgan fingerprint density at radius 3 is 2.60 bits per heavy atom. The Balaban J connectivity index is 1.27. The summed E-state index contributed by atoms with van der Waals surface area (Å²) in [4.78, 5) is 27.7. The van der Waals surface area contributed by atoms with Gasteiger partial charge in [0, 0.05) is 23.2 Å². The van der Waals surface area contributed by atoms with E-state index in [-0.39, 0.29) is 23.8 Å². The highest BCUT2D eigenvalue weighted by atomic mass is 32.2. The van der Waals surface area contributed by atoms with Crippen LogP contribution in [0.15, 0.2) is 94.5 Å². The third-order valence-corrected chi connectivity index (χ3v) is 9.38. The highest BCUT2D eigenvalue weighted by Crippen LogP contribution is 2.42. The van der Waals surface area contributed by atoms with Gasteiger partial charge in [0.1, 0.15) is 5.82 Å². The van der Waals surface area contributed by atoms with Crippen molar-refractivity contribution in [1.29, 1.82) is 0 Å². The summed E-state index contributed by atoms with van der Waals surface area (Å²) in [6.45, 7) is 2.00. The number of rotatable bonds is 11. The smallest absolute Gasteiger partial charge is 0.253 e. The molecule has 0 saturated carbocycles. The lowest BCUT2D eigenvalue weighted by Gasteiger charge is -2.24. The van der Waals surface area contributed by atoms with Crippen LogP contribution in [-0.2, 0) is 11.3 Å². The molecule has 13 heteroatoms. The number of thioether (sulfide) groups is 1. The Bertz CT molecular complexity index is 1940. The molecule has 2 amide bonds. The zero-order chi connectivity index (χ0) is 32.9. The molecule has 0 radical (unpaired) electrons. The van der Waals surface area contributed by atoms with Gasteiger partial charge in [0.2, 0.25) is 0 Å². The average Bonchev–Trinajstić information content (AvgIpc) is 3.86. The Morgan fingerprint density at radius 1 is 1.02 bits per heavy atom. The fourth-order valence-corrected chi connectivity index (χ4v) is 6.91. The van der Waals surface area contributed by atoms with Crippen molar-refractivity contribution in [2.75, 3.05) is 20.0 Å². The van der Waals surface area contributed by atoms with Crippen LogP contribution in [0.1, 0.15) is 44.6 Å². The molecule has 0 saturated heterocycles. The number of carbonyl (C=O) groups excluding carboxylic acids is 2. The minimum absolute atomic E-state index is 0.0175. The number of nitrogens with zero attached hydrogens (tertiary/aromatic N) is 5. The molecular weight excluding hydrogens is 640 g/mol. The van der Waals surface area contributed by atoms with Crippen molar-refractivity contribution >= 4 is 40.6 Å². The van der Waals surface area contributed by atoms with E-state index >= 15 is 0 Å². The summed E-state index contributed by atoms with van der Waals surface area (Å²) < 4.78 is 26.8. The van der Waals surface area contributed by atoms with E-state index in [1.165, 1.54) is 41.0 Å². The zero-order valence-corrected chi connectivity index (χ0v) is 27.5. The van der Waals surface area contributed by atoms with Crippen LogP contribution >= 0.6 is 23.1 Å². The second kappa shape index (κ2) is 14.2. The molecule has 1 aliphatic rings. The molecule has 3 aromatic carbocycles. The minimum atomic E-state index is -0.499. The van der Waals surface area contributed by atoms with Crippen LogP contribution in [-0.4, -0.2) is 57.3 Å². The van der Waals surface area contributed by atoms with Crippen LogP contribution in [0.4, 0.5) is 4.39 Å². The molecule has 3 heterocycles. The molecule has 6 rings (SSSR count). The van der Waals surface area contributed by atoms with Crippen molar-refractivity contribution in [2.45, 2.75) is 31.1 Å². The van der Waals surface area contributed by atoms with Gasteiger partial charge in [0.05, 0.1) is 43.1 Å². The number of hydrogen-bond donors (Lipinski definition) is 1. The lowest BCUT2D eigenvalue weighted by molar-refractivity contribution is -0.130. The first-order valence-electron chi connectivity index (χ1n) is 14.7. The van der Waals surface area contributed by atoms with E-state index in [9.17, 15) is 14.0 Å². The summed E-state index contributed by atoms with van der Waals surface area (Å²) in [5.41, 5.74) is 3.59. The number of aromatic nitrogens is 3. The fourth-order valence-electron chi connectivity index (χ4n) is 5.37. The molecule has 5 aromatic rings. The van der Waals surface area contributed by atoms with Crippen LogP contribution < -0.4 is 14.8 Å². The van der Waals surface area contributed by atoms with E-state index in [4.69, 9.17) is 14.6 Å². The molecule has 10 nitrogen and oxygen atoms in total. The molecule has 0 fully saturated rings. The summed E-state index contributed by atoms with van der Waals surface area (Å²) in [7, 11) is 3.16. The summed E-state index contributed by atoms with van der Waals surface area (Å²) in [6, 6.07) is 22.4. The Kier molecular flexibility index (Phi) is 9.64. The van der Waals surface area contributed by atoms with Gasteiger partial charge in [-0.2, -0.15) is 5.10 Å². The summed E-state index contributed by atoms with van der Waals surface area (Å²) in [5, 5.41) is 20.3. The Hall–Kier alpha value is -5.01. The summed E-state index contributed by atoms with van der Waals surface area (Å²) in [5.74, 6) is 0.423. The molecule has 1 aliphatic heterocycles. The van der Waals surface area contributed by atoms with Gasteiger partial charge in [0.25, 0.3) is 11.8 Å². The lowest BCUT2D eigenvalue weighted by Crippen LogP contribution is -2.29. The van der Waals surface area contributed by atoms with Crippen LogP contribution in [0.5, 0.6) is 11.5 Å². The molecule has 47 heavy (non-hydrogen) atoms. The van der Waals surface area contributed by atoms with Crippen LogP contribution in [0.25, 0.3) is 5.69 Å². The number of aryl methyl sites for hydroxylation is 1. The maximum Gasteiger partial charge on any atom is 0.253 e. The van der Waals surface area contributed by atoms with E-state index in [2.05, 4.69) is 15.5 Å². The number of methoxy groups -OCH3 is 2. The number of thiophene rings is 1. The predicted octanol–water partition coefficient (Wildman–Crippen LogP) is 6.19. The first kappa shape index (κ1) is 32.0. The monoisotopic (exact) mass is 670 g/mol. The molecular formula is C34H31FN6O4S2. The molecule has 2 aromatic heterocycles. The van der Waals surface area contributed by atoms with Crippen LogP contribution in [0.3, 0.4) is 0 Å². The number of para-hydroxylation sites is 1. The lowest BCUT2D eigenvalue weighted by atomic mass is 9.99. The highest BCUT2D eigenvalue weighted by Gasteiger charge is 2.36. The first-order valence-corrected chi connectivity index (χ1v) is 16.5. The van der Waals surface area contributed by atoms with Gasteiger partial charge in [0.15, 0.2) is 22.5 Å². The number of ether oxygens (including phenoxy) is 2. The number of benzene rings is 3. The molecule has 0 unspecified atom stereocenters. The van der Waals surface area contributed by atoms with E-state index in [0.29, 0.717) is 28.9 Å². The first-order chi connectivity index (χ1) is 22.9. The van der Waals surface area contributed by atoms with Gasteiger partial charge < -0.3 is 14.8 Å². The molecule has 0 spiro atoms. The van der Waals surface area contributed by atoms with Gasteiger partial charge >= 0.3 is 0 Å². The van der Waals surface area contributed by atoms with Gasteiger partial charge in [-0.1, -0.05) is 48.2 Å². The van der Waals surface area contributed by atoms with Crippen molar-refractivity contribution in [3.63, 3.8) is 0 Å². The molecule has 0 bridgehead atoms. The third kappa shape index (κ3) is 6.91. The molecule has 240 valence electrons. The number of hydrazone groups is 1. The maximum absolute atomic E-state index is 14.0. The van der Waals surface area contributed by atoms with E-state index in [1.807, 2.05) is 71.5 Å². The standard InChI is InChI=1S/C34H31FN6O4S2/c1-21-8-4-11-24(16-21)40-30(19-36-33(43)22-9-5-10-23(35)17-22)37-38-34(40)47-20-31(42)41-27(18-26(39-41)29-14-7-15-46-29)25-12-6-13-28(44-2)32(25)45-3/h4-17,27H,18-20H2,1-3H3,(H,36,43)/t27-/m1/s1. The maximum atomic E-state index is 14.0. The Morgan fingerprint density at radius 2 is 1.85 bits per heavy atom. The number of nitrogens with one attached hydrogen (secondary N) is 1. The zero-order valence-electron chi connectivity index (χ0n) is 25.8. The minimum Gasteiger partial charge on any atom is -0.493 e. The largest absolute Gasteiger partial charge is 0.493 e. The van der Waals surface area contributed by atoms with Crippen LogP contribution in [0, 0.1) is 12.7 Å². The summed E-state index contributed by atoms with van der Waals surface area (Å²) >= 11 is 2.79. The number of hydrogen-bond acceptors (Lipinski definition) is 9. The number of carbonyl (C=O) groups is 2. The fraction of sp³-hybridized carbons (Fsp3) is 0.206. The van der Waals surface area contributed by atoms with E-state index < -0.39 is 17.8 Å². The quantitative estimate of drug-likeness (QED) is 0.167. The van der Waals surface area contributed by atoms with Crippen molar-refractivity contribution in [1.82, 2.24) is 25.1 Å². The van der Waals surface area contributed by atoms with Gasteiger partial charge in [-0.3, -0.25) is 14.2 Å². The Labute approximate surface area is 279 Å². The highest BCUT2D eigenvalue weighted by molar-refractivity contribution is 7.99. The van der Waals surface area contributed by atoms with Crippen molar-refractivity contribution in [2.24, 2.45) is 5.10 Å². The molecule has 1 atom stereocenters.